The highest BCUT2D eigenvalue weighted by Crippen LogP contribution is 2.42. The number of benzene rings is 4. The quantitative estimate of drug-likeness (QED) is 0.385. The Kier molecular flexibility index (Phi) is 3.22. The molecule has 0 amide bonds. The van der Waals surface area contributed by atoms with Crippen molar-refractivity contribution >= 4 is 22.1 Å². The summed E-state index contributed by atoms with van der Waals surface area (Å²) in [6, 6.07) is 26.1. The molecule has 1 atom stereocenters. The van der Waals surface area contributed by atoms with Gasteiger partial charge in [0.1, 0.15) is 44.9 Å². The number of hydrogen-bond acceptors (Lipinski definition) is 2. The summed E-state index contributed by atoms with van der Waals surface area (Å²) >= 11 is 0. The number of phenolic OH excluding ortho intramolecular Hbond substituents is 2. The van der Waals surface area contributed by atoms with E-state index in [1.807, 2.05) is 96.6 Å². The van der Waals surface area contributed by atoms with Crippen LogP contribution in [0.4, 0.5) is 0 Å². The SMILES string of the molecule is Cc1cc(C(C)c2cccc(-n3n4c5ccccc5n34)c2O)c(O)c(-n2n3c4ccccc4n23)c1. The molecule has 4 aromatic heterocycles. The van der Waals surface area contributed by atoms with Crippen molar-refractivity contribution in [1.29, 1.82) is 0 Å². The maximum Gasteiger partial charge on any atom is 0.146 e. The monoisotopic (exact) mass is 462 g/mol. The first-order valence-electron chi connectivity index (χ1n) is 11.7. The van der Waals surface area contributed by atoms with Gasteiger partial charge in [-0.2, -0.15) is 0 Å². The third-order valence-electron chi connectivity index (χ3n) is 7.31. The molecule has 0 saturated carbocycles. The molecule has 8 rings (SSSR count). The van der Waals surface area contributed by atoms with Crippen LogP contribution >= 0.6 is 0 Å². The maximum absolute atomic E-state index is 11.4. The Labute approximate surface area is 198 Å². The molecule has 0 fully saturated rings. The second kappa shape index (κ2) is 6.04. The molecule has 1 unspecified atom stereocenters. The van der Waals surface area contributed by atoms with Crippen LogP contribution in [0.25, 0.3) is 33.4 Å². The highest BCUT2D eigenvalue weighted by atomic mass is 16.3. The molecular weight excluding hydrogens is 440 g/mol. The van der Waals surface area contributed by atoms with E-state index in [9.17, 15) is 10.2 Å². The van der Waals surface area contributed by atoms with E-state index < -0.39 is 0 Å². The number of para-hydroxylation sites is 5. The second-order valence-corrected chi connectivity index (χ2v) is 9.37. The first-order chi connectivity index (χ1) is 17.1. The zero-order chi connectivity index (χ0) is 23.6. The van der Waals surface area contributed by atoms with Crippen LogP contribution in [-0.4, -0.2) is 38.3 Å². The van der Waals surface area contributed by atoms with Gasteiger partial charge in [0.15, 0.2) is 0 Å². The zero-order valence-corrected chi connectivity index (χ0v) is 19.2. The molecule has 4 heterocycles. The number of nitrogens with zero attached hydrogens (tertiary/aromatic N) is 6. The summed E-state index contributed by atoms with van der Waals surface area (Å²) in [4.78, 5) is 3.94. The van der Waals surface area contributed by atoms with Gasteiger partial charge in [0.2, 0.25) is 0 Å². The van der Waals surface area contributed by atoms with Crippen LogP contribution in [-0.2, 0) is 0 Å². The van der Waals surface area contributed by atoms with E-state index in [0.29, 0.717) is 0 Å². The van der Waals surface area contributed by atoms with E-state index in [4.69, 9.17) is 0 Å². The van der Waals surface area contributed by atoms with E-state index >= 15 is 0 Å². The molecule has 0 radical (unpaired) electrons. The lowest BCUT2D eigenvalue weighted by Gasteiger charge is -2.18. The van der Waals surface area contributed by atoms with Crippen LogP contribution in [0.15, 0.2) is 78.9 Å². The fourth-order valence-electron chi connectivity index (χ4n) is 5.49. The molecule has 0 spiro atoms. The lowest BCUT2D eigenvalue weighted by atomic mass is 9.90. The van der Waals surface area contributed by atoms with Gasteiger partial charge in [0, 0.05) is 17.0 Å². The topological polar surface area (TPSA) is 68.0 Å². The zero-order valence-electron chi connectivity index (χ0n) is 19.2. The molecule has 4 aromatic carbocycles. The Balaban J connectivity index is 1.24. The van der Waals surface area contributed by atoms with Crippen molar-refractivity contribution in [3.8, 4) is 22.9 Å². The van der Waals surface area contributed by atoms with Gasteiger partial charge >= 0.3 is 0 Å². The van der Waals surface area contributed by atoms with Crippen molar-refractivity contribution in [3.05, 3.63) is 95.6 Å². The van der Waals surface area contributed by atoms with Crippen LogP contribution in [0, 0.1) is 6.92 Å². The Morgan fingerprint density at radius 3 is 1.60 bits per heavy atom. The molecule has 0 saturated heterocycles. The van der Waals surface area contributed by atoms with Crippen molar-refractivity contribution in [1.82, 2.24) is 28.1 Å². The minimum absolute atomic E-state index is 0.217. The molecule has 0 aliphatic heterocycles. The van der Waals surface area contributed by atoms with Crippen LogP contribution in [0.3, 0.4) is 0 Å². The van der Waals surface area contributed by atoms with E-state index in [1.165, 1.54) is 0 Å². The number of aryl methyl sites for hydroxylation is 1. The van der Waals surface area contributed by atoms with Crippen molar-refractivity contribution < 1.29 is 10.2 Å². The van der Waals surface area contributed by atoms with Crippen LogP contribution in [0.2, 0.25) is 0 Å². The van der Waals surface area contributed by atoms with E-state index in [1.54, 1.807) is 0 Å². The third-order valence-corrected chi connectivity index (χ3v) is 7.31. The van der Waals surface area contributed by atoms with Gasteiger partial charge in [-0.1, -0.05) is 49.4 Å². The highest BCUT2D eigenvalue weighted by molar-refractivity contribution is 5.80. The van der Waals surface area contributed by atoms with Gasteiger partial charge in [-0.15, -0.1) is 28.1 Å². The largest absolute Gasteiger partial charge is 0.505 e. The molecule has 8 heteroatoms. The number of hydrogen-bond donors (Lipinski definition) is 2. The van der Waals surface area contributed by atoms with Crippen molar-refractivity contribution in [2.75, 3.05) is 0 Å². The number of fused-ring (bicyclic) bond motifs is 8. The number of rotatable bonds is 4. The molecule has 0 aliphatic carbocycles. The maximum atomic E-state index is 11.4. The molecule has 0 aliphatic rings. The second-order valence-electron chi connectivity index (χ2n) is 9.37. The van der Waals surface area contributed by atoms with Gasteiger partial charge in [-0.3, -0.25) is 0 Å². The summed E-state index contributed by atoms with van der Waals surface area (Å²) in [5.41, 5.74) is 8.51. The van der Waals surface area contributed by atoms with Crippen LogP contribution in [0.1, 0.15) is 29.5 Å². The van der Waals surface area contributed by atoms with Gasteiger partial charge in [0.05, 0.1) is 0 Å². The highest BCUT2D eigenvalue weighted by Gasteiger charge is 2.30. The van der Waals surface area contributed by atoms with Gasteiger partial charge in [-0.25, -0.2) is 0 Å². The van der Waals surface area contributed by atoms with E-state index in [-0.39, 0.29) is 17.4 Å². The lowest BCUT2D eigenvalue weighted by molar-refractivity contribution is 0.453. The first kappa shape index (κ1) is 18.7. The number of phenols is 2. The predicted molar refractivity (Wildman–Crippen MR) is 133 cm³/mol. The summed E-state index contributed by atoms with van der Waals surface area (Å²) < 4.78 is 8.12. The minimum atomic E-state index is -0.219. The summed E-state index contributed by atoms with van der Waals surface area (Å²) in [5.74, 6) is 0.220. The first-order valence-corrected chi connectivity index (χ1v) is 11.7. The van der Waals surface area contributed by atoms with Crippen LogP contribution in [0.5, 0.6) is 11.5 Å². The summed E-state index contributed by atoms with van der Waals surface area (Å²) in [6.07, 6.45) is 0. The summed E-state index contributed by atoms with van der Waals surface area (Å²) in [6.45, 7) is 4.06. The van der Waals surface area contributed by atoms with Gasteiger partial charge < -0.3 is 10.2 Å². The molecule has 0 bridgehead atoms. The number of aromatic hydroxyl groups is 2. The van der Waals surface area contributed by atoms with E-state index in [0.717, 1.165) is 50.1 Å². The summed E-state index contributed by atoms with van der Waals surface area (Å²) in [7, 11) is 0. The van der Waals surface area contributed by atoms with Gasteiger partial charge in [0.25, 0.3) is 0 Å². The standard InChI is InChI=1S/C27H22N6O2/c1-16-14-19(27(35)25(15-16)33-30-22-11-5-6-12-23(22)31(30)33)17(2)18-8-7-13-24(26(18)34)32-28-20-9-3-4-10-21(20)29(28)32/h3-15,17,34-35H,1-2H3. The molecule has 8 aromatic rings. The lowest BCUT2D eigenvalue weighted by Crippen LogP contribution is -2.02. The number of aromatic nitrogens is 6. The van der Waals surface area contributed by atoms with Crippen molar-refractivity contribution in [2.24, 2.45) is 0 Å². The fourth-order valence-corrected chi connectivity index (χ4v) is 5.49. The molecule has 35 heavy (non-hydrogen) atoms. The molecule has 2 N–H and O–H groups in total. The normalized spacial score (nSPS) is 13.5. The predicted octanol–water partition coefficient (Wildman–Crippen LogP) is 5.03. The molecular formula is C27H22N6O2. The Hall–Kier alpha value is -4.72. The Morgan fingerprint density at radius 2 is 1.06 bits per heavy atom. The summed E-state index contributed by atoms with van der Waals surface area (Å²) in [5, 5.41) is 22.7. The molecule has 172 valence electrons. The smallest absolute Gasteiger partial charge is 0.146 e. The van der Waals surface area contributed by atoms with Crippen molar-refractivity contribution in [3.63, 3.8) is 0 Å². The average molecular weight is 463 g/mol. The third kappa shape index (κ3) is 2.21. The minimum Gasteiger partial charge on any atom is -0.505 e. The van der Waals surface area contributed by atoms with Gasteiger partial charge in [-0.05, 0) is 48.9 Å². The average Bonchev–Trinajstić information content (AvgIpc) is 3.72. The van der Waals surface area contributed by atoms with E-state index in [2.05, 4.69) is 24.3 Å². The fraction of sp³-hybridized carbons (Fsp3) is 0.111. The molecule has 8 nitrogen and oxygen atoms in total. The Morgan fingerprint density at radius 1 is 0.571 bits per heavy atom. The Bertz CT molecular complexity index is 1930. The van der Waals surface area contributed by atoms with Crippen molar-refractivity contribution in [2.45, 2.75) is 19.8 Å². The van der Waals surface area contributed by atoms with Crippen LogP contribution < -0.4 is 0 Å².